The number of quaternary nitrogens is 1. The molecule has 0 aliphatic carbocycles. The molecule has 2 nitrogen and oxygen atoms in total. The molecule has 1 N–H and O–H groups in total. The average molecular weight is 192 g/mol. The fourth-order valence-electron chi connectivity index (χ4n) is 1.05. The van der Waals surface area contributed by atoms with Gasteiger partial charge in [-0.1, -0.05) is 6.92 Å². The van der Waals surface area contributed by atoms with Gasteiger partial charge in [0.25, 0.3) is 0 Å². The Bertz CT molecular complexity index is 112. The van der Waals surface area contributed by atoms with Crippen molar-refractivity contribution >= 4 is 11.8 Å². The van der Waals surface area contributed by atoms with E-state index in [1.807, 2.05) is 11.8 Å². The summed E-state index contributed by atoms with van der Waals surface area (Å²) < 4.78 is 0.841. The van der Waals surface area contributed by atoms with Crippen LogP contribution in [0.25, 0.3) is 0 Å². The molecule has 74 valence electrons. The van der Waals surface area contributed by atoms with Crippen molar-refractivity contribution in [1.29, 1.82) is 0 Å². The highest BCUT2D eigenvalue weighted by atomic mass is 32.2. The van der Waals surface area contributed by atoms with Gasteiger partial charge in [0.1, 0.15) is 12.6 Å². The van der Waals surface area contributed by atoms with E-state index in [1.54, 1.807) is 0 Å². The van der Waals surface area contributed by atoms with E-state index >= 15 is 0 Å². The van der Waals surface area contributed by atoms with Gasteiger partial charge in [-0.3, -0.25) is 0 Å². The minimum absolute atomic E-state index is 0.151. The standard InChI is InChI=1S/C9H22NOS/c1-5-6-12-8-9(11)7-10(2,3)4/h9,11H,5-8H2,1-4H3/q+1. The van der Waals surface area contributed by atoms with E-state index in [0.717, 1.165) is 22.5 Å². The molecule has 0 rings (SSSR count). The maximum Gasteiger partial charge on any atom is 0.112 e. The number of hydrogen-bond acceptors (Lipinski definition) is 2. The summed E-state index contributed by atoms with van der Waals surface area (Å²) in [7, 11) is 6.31. The van der Waals surface area contributed by atoms with Gasteiger partial charge in [0.15, 0.2) is 0 Å². The van der Waals surface area contributed by atoms with Crippen LogP contribution in [0.1, 0.15) is 13.3 Å². The number of rotatable bonds is 6. The van der Waals surface area contributed by atoms with Crippen molar-refractivity contribution < 1.29 is 9.59 Å². The number of aliphatic hydroxyl groups is 1. The lowest BCUT2D eigenvalue weighted by molar-refractivity contribution is -0.873. The molecule has 0 aliphatic heterocycles. The lowest BCUT2D eigenvalue weighted by Gasteiger charge is -2.26. The largest absolute Gasteiger partial charge is 0.386 e. The van der Waals surface area contributed by atoms with Crippen LogP contribution in [0.2, 0.25) is 0 Å². The van der Waals surface area contributed by atoms with Crippen LogP contribution < -0.4 is 0 Å². The van der Waals surface area contributed by atoms with Crippen LogP contribution in [0.3, 0.4) is 0 Å². The molecule has 0 aromatic heterocycles. The van der Waals surface area contributed by atoms with E-state index in [0.29, 0.717) is 0 Å². The highest BCUT2D eigenvalue weighted by molar-refractivity contribution is 7.99. The Labute approximate surface area is 80.5 Å². The lowest BCUT2D eigenvalue weighted by atomic mass is 10.3. The maximum absolute atomic E-state index is 9.57. The van der Waals surface area contributed by atoms with E-state index in [1.165, 1.54) is 6.42 Å². The molecule has 0 bridgehead atoms. The monoisotopic (exact) mass is 192 g/mol. The molecular formula is C9H22NOS+. The molecular weight excluding hydrogens is 170 g/mol. The number of likely N-dealkylation sites (N-methyl/N-ethyl adjacent to an activating group) is 1. The third-order valence-corrected chi connectivity index (χ3v) is 2.73. The van der Waals surface area contributed by atoms with Crippen molar-refractivity contribution in [3.05, 3.63) is 0 Å². The first-order valence-corrected chi connectivity index (χ1v) is 5.67. The second kappa shape index (κ2) is 5.84. The molecule has 0 radical (unpaired) electrons. The van der Waals surface area contributed by atoms with Crippen molar-refractivity contribution in [2.45, 2.75) is 19.4 Å². The van der Waals surface area contributed by atoms with Gasteiger partial charge in [0, 0.05) is 5.75 Å². The smallest absolute Gasteiger partial charge is 0.112 e. The van der Waals surface area contributed by atoms with Crippen LogP contribution in [0, 0.1) is 0 Å². The summed E-state index contributed by atoms with van der Waals surface area (Å²) in [6.07, 6.45) is 1.04. The molecule has 0 saturated carbocycles. The number of nitrogens with zero attached hydrogens (tertiary/aromatic N) is 1. The Morgan fingerprint density at radius 1 is 1.33 bits per heavy atom. The van der Waals surface area contributed by atoms with E-state index in [4.69, 9.17) is 0 Å². The Kier molecular flexibility index (Phi) is 5.97. The zero-order chi connectivity index (χ0) is 9.61. The maximum atomic E-state index is 9.57. The summed E-state index contributed by atoms with van der Waals surface area (Å²) in [6.45, 7) is 3.01. The van der Waals surface area contributed by atoms with Crippen molar-refractivity contribution in [1.82, 2.24) is 0 Å². The molecule has 1 atom stereocenters. The molecule has 0 aromatic carbocycles. The summed E-state index contributed by atoms with van der Waals surface area (Å²) >= 11 is 1.84. The first-order valence-electron chi connectivity index (χ1n) is 4.52. The predicted molar refractivity (Wildman–Crippen MR) is 56.5 cm³/mol. The third kappa shape index (κ3) is 8.37. The van der Waals surface area contributed by atoms with Crippen LogP contribution in [0.15, 0.2) is 0 Å². The summed E-state index contributed by atoms with van der Waals surface area (Å²) in [6, 6.07) is 0. The van der Waals surface area contributed by atoms with Crippen LogP contribution in [-0.4, -0.2) is 54.9 Å². The van der Waals surface area contributed by atoms with Crippen LogP contribution in [0.4, 0.5) is 0 Å². The fourth-order valence-corrected chi connectivity index (χ4v) is 1.88. The Balaban J connectivity index is 3.40. The molecule has 0 saturated heterocycles. The van der Waals surface area contributed by atoms with Crippen LogP contribution >= 0.6 is 11.8 Å². The third-order valence-electron chi connectivity index (χ3n) is 1.42. The van der Waals surface area contributed by atoms with Gasteiger partial charge in [0.05, 0.1) is 21.1 Å². The number of hydrogen-bond donors (Lipinski definition) is 1. The molecule has 1 unspecified atom stereocenters. The number of thioether (sulfide) groups is 1. The molecule has 0 fully saturated rings. The Morgan fingerprint density at radius 3 is 2.33 bits per heavy atom. The normalized spacial score (nSPS) is 14.8. The molecule has 0 heterocycles. The zero-order valence-corrected chi connectivity index (χ0v) is 9.52. The number of aliphatic hydroxyl groups excluding tert-OH is 1. The van der Waals surface area contributed by atoms with Gasteiger partial charge < -0.3 is 9.59 Å². The minimum atomic E-state index is -0.151. The van der Waals surface area contributed by atoms with E-state index in [2.05, 4.69) is 28.1 Å². The lowest BCUT2D eigenvalue weighted by Crippen LogP contribution is -2.42. The first-order chi connectivity index (χ1) is 5.45. The van der Waals surface area contributed by atoms with Gasteiger partial charge in [0.2, 0.25) is 0 Å². The van der Waals surface area contributed by atoms with Crippen molar-refractivity contribution in [3.8, 4) is 0 Å². The van der Waals surface area contributed by atoms with Crippen molar-refractivity contribution in [2.75, 3.05) is 39.2 Å². The van der Waals surface area contributed by atoms with Crippen molar-refractivity contribution in [3.63, 3.8) is 0 Å². The highest BCUT2D eigenvalue weighted by Crippen LogP contribution is 2.06. The molecule has 0 spiro atoms. The van der Waals surface area contributed by atoms with E-state index in [9.17, 15) is 5.11 Å². The summed E-state index contributed by atoms with van der Waals surface area (Å²) in [5.74, 6) is 2.04. The van der Waals surface area contributed by atoms with Crippen LogP contribution in [-0.2, 0) is 0 Å². The van der Waals surface area contributed by atoms with Gasteiger partial charge >= 0.3 is 0 Å². The van der Waals surface area contributed by atoms with Crippen molar-refractivity contribution in [2.24, 2.45) is 0 Å². The first kappa shape index (κ1) is 12.3. The highest BCUT2D eigenvalue weighted by Gasteiger charge is 2.14. The molecule has 0 aliphatic rings. The quantitative estimate of drug-likeness (QED) is 0.504. The van der Waals surface area contributed by atoms with Gasteiger partial charge in [-0.15, -0.1) is 0 Å². The fraction of sp³-hybridized carbons (Fsp3) is 1.00. The van der Waals surface area contributed by atoms with Gasteiger partial charge in [-0.05, 0) is 12.2 Å². The predicted octanol–water partition coefficient (Wildman–Crippen LogP) is 1.20. The summed E-state index contributed by atoms with van der Waals surface area (Å²) in [4.78, 5) is 0. The summed E-state index contributed by atoms with van der Waals surface area (Å²) in [5, 5.41) is 9.57. The van der Waals surface area contributed by atoms with Gasteiger partial charge in [-0.2, -0.15) is 11.8 Å². The molecule has 0 aromatic rings. The van der Waals surface area contributed by atoms with Gasteiger partial charge in [-0.25, -0.2) is 0 Å². The second-order valence-corrected chi connectivity index (χ2v) is 5.35. The molecule has 12 heavy (non-hydrogen) atoms. The SMILES string of the molecule is CCCSCC(O)C[N+](C)(C)C. The van der Waals surface area contributed by atoms with E-state index < -0.39 is 0 Å². The average Bonchev–Trinajstić information content (AvgIpc) is 1.84. The molecule has 3 heteroatoms. The minimum Gasteiger partial charge on any atom is -0.386 e. The summed E-state index contributed by atoms with van der Waals surface area (Å²) in [5.41, 5.74) is 0. The second-order valence-electron chi connectivity index (χ2n) is 4.20. The topological polar surface area (TPSA) is 20.2 Å². The Hall–Kier alpha value is 0.270. The van der Waals surface area contributed by atoms with E-state index in [-0.39, 0.29) is 6.10 Å². The zero-order valence-electron chi connectivity index (χ0n) is 8.71. The van der Waals surface area contributed by atoms with Crippen LogP contribution in [0.5, 0.6) is 0 Å². The molecule has 0 amide bonds. The Morgan fingerprint density at radius 2 is 1.92 bits per heavy atom.